The van der Waals surface area contributed by atoms with Gasteiger partial charge in [0.15, 0.2) is 0 Å². The van der Waals surface area contributed by atoms with Gasteiger partial charge in [-0.3, -0.25) is 20.0 Å². The summed E-state index contributed by atoms with van der Waals surface area (Å²) >= 11 is 7.84. The molecular formula is C30H34N4S4. The van der Waals surface area contributed by atoms with Crippen molar-refractivity contribution in [2.45, 2.75) is 99.6 Å². The summed E-state index contributed by atoms with van der Waals surface area (Å²) in [7, 11) is 0. The van der Waals surface area contributed by atoms with Gasteiger partial charge in [0, 0.05) is 28.1 Å². The average Bonchev–Trinajstić information content (AvgIpc) is 3.69. The minimum Gasteiger partial charge on any atom is -0.259 e. The fraction of sp³-hybridized carbons (Fsp3) is 0.467. The highest BCUT2D eigenvalue weighted by Crippen LogP contribution is 2.55. The molecule has 0 saturated heterocycles. The van der Waals surface area contributed by atoms with E-state index in [0.717, 1.165) is 49.2 Å². The number of allylic oxidation sites excluding steroid dienone is 2. The Labute approximate surface area is 242 Å². The smallest absolute Gasteiger partial charge is 0.130 e. The van der Waals surface area contributed by atoms with E-state index in [0.29, 0.717) is 13.3 Å². The van der Waals surface area contributed by atoms with Crippen LogP contribution in [0.15, 0.2) is 59.2 Å². The molecule has 0 atom stereocenters. The van der Waals surface area contributed by atoms with Crippen molar-refractivity contribution in [1.82, 2.24) is 0 Å². The van der Waals surface area contributed by atoms with E-state index in [2.05, 4.69) is 41.5 Å². The standard InChI is InChI=1S/C30H34N4S4/c1-7-10-18-22-24(34-14-32-22)20(28-26(18)36-30(38-28)16(5)6)12-9-11-19-23-21(31-13-33-23)17(8-2)25-27(19)37-29(35-25)15(3)4/h7-14H2,1-6H3. The van der Waals surface area contributed by atoms with Gasteiger partial charge in [-0.1, -0.05) is 78.5 Å². The number of fused-ring (bicyclic) bond motifs is 4. The predicted octanol–water partition coefficient (Wildman–Crippen LogP) is 6.70. The molecular weight excluding hydrogens is 545 g/mol. The second kappa shape index (κ2) is 10.8. The maximum Gasteiger partial charge on any atom is 0.130 e. The maximum absolute atomic E-state index is 4.93. The van der Waals surface area contributed by atoms with Crippen LogP contribution in [0.2, 0.25) is 0 Å². The Kier molecular flexibility index (Phi) is 7.62. The van der Waals surface area contributed by atoms with Crippen molar-refractivity contribution in [3.05, 3.63) is 63.3 Å². The first kappa shape index (κ1) is 26.7. The van der Waals surface area contributed by atoms with Gasteiger partial charge in [-0.2, -0.15) is 0 Å². The zero-order valence-electron chi connectivity index (χ0n) is 23.1. The van der Waals surface area contributed by atoms with E-state index in [1.807, 2.05) is 47.0 Å². The summed E-state index contributed by atoms with van der Waals surface area (Å²) in [5.41, 5.74) is 8.43. The lowest BCUT2D eigenvalue weighted by atomic mass is 9.98. The zero-order valence-corrected chi connectivity index (χ0v) is 26.3. The van der Waals surface area contributed by atoms with Gasteiger partial charge in [-0.15, -0.1) is 0 Å². The third kappa shape index (κ3) is 4.43. The van der Waals surface area contributed by atoms with Crippen molar-refractivity contribution in [2.75, 3.05) is 13.3 Å². The van der Waals surface area contributed by atoms with Gasteiger partial charge >= 0.3 is 0 Å². The first-order valence-corrected chi connectivity index (χ1v) is 16.9. The van der Waals surface area contributed by atoms with Crippen LogP contribution < -0.4 is 21.4 Å². The van der Waals surface area contributed by atoms with E-state index >= 15 is 0 Å². The van der Waals surface area contributed by atoms with Crippen molar-refractivity contribution in [3.63, 3.8) is 0 Å². The number of hydrogen-bond donors (Lipinski definition) is 0. The Morgan fingerprint density at radius 3 is 1.29 bits per heavy atom. The van der Waals surface area contributed by atoms with Crippen molar-refractivity contribution >= 4 is 47.0 Å². The van der Waals surface area contributed by atoms with Gasteiger partial charge in [-0.25, -0.2) is 0 Å². The molecule has 8 heteroatoms. The Hall–Kier alpha value is -1.48. The topological polar surface area (TPSA) is 49.4 Å². The summed E-state index contributed by atoms with van der Waals surface area (Å²) in [6.07, 6.45) is 6.31. The Balaban J connectivity index is 1.39. The summed E-state index contributed by atoms with van der Waals surface area (Å²) in [6.45, 7) is 14.6. The van der Waals surface area contributed by atoms with Gasteiger partial charge in [0.1, 0.15) is 13.3 Å². The Morgan fingerprint density at radius 1 is 0.553 bits per heavy atom. The van der Waals surface area contributed by atoms with E-state index in [4.69, 9.17) is 20.0 Å². The van der Waals surface area contributed by atoms with Crippen LogP contribution in [0, 0.1) is 0 Å². The summed E-state index contributed by atoms with van der Waals surface area (Å²) < 4.78 is 2.85. The molecule has 38 heavy (non-hydrogen) atoms. The van der Waals surface area contributed by atoms with Crippen LogP contribution in [0.1, 0.15) is 76.6 Å². The zero-order chi connectivity index (χ0) is 26.6. The summed E-state index contributed by atoms with van der Waals surface area (Å²) in [5.74, 6) is 0. The largest absolute Gasteiger partial charge is 0.259 e. The highest BCUT2D eigenvalue weighted by Gasteiger charge is 2.30. The number of rotatable bonds is 7. The lowest BCUT2D eigenvalue weighted by molar-refractivity contribution is 0.761. The second-order valence-corrected chi connectivity index (χ2v) is 15.1. The van der Waals surface area contributed by atoms with Gasteiger partial charge in [0.2, 0.25) is 0 Å². The molecule has 4 aliphatic heterocycles. The molecule has 4 nitrogen and oxygen atoms in total. The number of nitrogens with zero attached hydrogens (tertiary/aromatic N) is 4. The molecule has 2 aromatic carbocycles. The van der Waals surface area contributed by atoms with Crippen LogP contribution >= 0.6 is 47.0 Å². The lowest BCUT2D eigenvalue weighted by Gasteiger charge is -2.13. The first-order valence-electron chi connectivity index (χ1n) is 13.6. The molecule has 0 aromatic heterocycles. The third-order valence-electron chi connectivity index (χ3n) is 7.32. The van der Waals surface area contributed by atoms with E-state index in [1.165, 1.54) is 72.2 Å². The minimum atomic E-state index is 0.572. The van der Waals surface area contributed by atoms with Crippen molar-refractivity contribution in [1.29, 1.82) is 0 Å². The minimum absolute atomic E-state index is 0.572. The molecule has 4 aliphatic rings. The maximum atomic E-state index is 4.93. The summed E-state index contributed by atoms with van der Waals surface area (Å²) in [6, 6.07) is 0. The summed E-state index contributed by atoms with van der Waals surface area (Å²) in [4.78, 5) is 25.3. The quantitative estimate of drug-likeness (QED) is 0.367. The number of benzene rings is 2. The molecule has 0 aliphatic carbocycles. The Morgan fingerprint density at radius 2 is 0.921 bits per heavy atom. The molecule has 0 amide bonds. The fourth-order valence-corrected chi connectivity index (χ4v) is 11.1. The van der Waals surface area contributed by atoms with Crippen LogP contribution in [0.4, 0.5) is 0 Å². The van der Waals surface area contributed by atoms with Gasteiger partial charge in [0.05, 0.1) is 21.4 Å². The third-order valence-corrected chi connectivity index (χ3v) is 13.6. The van der Waals surface area contributed by atoms with E-state index < -0.39 is 0 Å². The molecule has 6 rings (SSSR count). The molecule has 0 fully saturated rings. The fourth-order valence-electron chi connectivity index (χ4n) is 5.55. The molecule has 198 valence electrons. The second-order valence-electron chi connectivity index (χ2n) is 10.5. The van der Waals surface area contributed by atoms with Gasteiger partial charge in [0.25, 0.3) is 0 Å². The Bertz CT molecular complexity index is 1680. The van der Waals surface area contributed by atoms with Crippen molar-refractivity contribution in [2.24, 2.45) is 20.0 Å². The average molecular weight is 579 g/mol. The molecule has 0 unspecified atom stereocenters. The van der Waals surface area contributed by atoms with Crippen LogP contribution in [0.5, 0.6) is 0 Å². The van der Waals surface area contributed by atoms with Gasteiger partial charge in [-0.05, 0) is 82.1 Å². The van der Waals surface area contributed by atoms with Crippen LogP contribution in [0.3, 0.4) is 0 Å². The van der Waals surface area contributed by atoms with Gasteiger partial charge < -0.3 is 0 Å². The van der Waals surface area contributed by atoms with E-state index in [-0.39, 0.29) is 0 Å². The first-order chi connectivity index (χ1) is 18.4. The van der Waals surface area contributed by atoms with Crippen LogP contribution in [0.25, 0.3) is 0 Å². The van der Waals surface area contributed by atoms with E-state index in [1.54, 1.807) is 0 Å². The highest BCUT2D eigenvalue weighted by molar-refractivity contribution is 8.25. The summed E-state index contributed by atoms with van der Waals surface area (Å²) in [5, 5.41) is 4.66. The van der Waals surface area contributed by atoms with Crippen LogP contribution in [-0.4, -0.2) is 13.3 Å². The lowest BCUT2D eigenvalue weighted by Crippen LogP contribution is -2.33. The SMILES string of the molecule is CCCc1c2c(c(CCCc3c4c(c(CC)c5c3=NCN=5)SC(=C(C)C)S4)c3c1=NCN=3)SC(=C(C)C)S2. The van der Waals surface area contributed by atoms with Crippen molar-refractivity contribution in [3.8, 4) is 0 Å². The highest BCUT2D eigenvalue weighted by atomic mass is 32.2. The molecule has 0 bridgehead atoms. The molecule has 0 spiro atoms. The molecule has 4 heterocycles. The van der Waals surface area contributed by atoms with Crippen LogP contribution in [-0.2, 0) is 25.7 Å². The predicted molar refractivity (Wildman–Crippen MR) is 163 cm³/mol. The van der Waals surface area contributed by atoms with Crippen molar-refractivity contribution < 1.29 is 0 Å². The number of hydrogen-bond acceptors (Lipinski definition) is 8. The monoisotopic (exact) mass is 578 g/mol. The molecule has 0 N–H and O–H groups in total. The number of thioether (sulfide) groups is 4. The molecule has 0 radical (unpaired) electrons. The normalized spacial score (nSPS) is 16.4. The molecule has 2 aromatic rings. The van der Waals surface area contributed by atoms with E-state index in [9.17, 15) is 0 Å². The molecule has 0 saturated carbocycles.